The summed E-state index contributed by atoms with van der Waals surface area (Å²) in [6, 6.07) is 4.76. The molecule has 2 aromatic rings. The third-order valence-electron chi connectivity index (χ3n) is 2.88. The Hall–Kier alpha value is -2.15. The number of nitrogens with zero attached hydrogens (tertiary/aromatic N) is 2. The maximum Gasteiger partial charge on any atom is 0.295 e. The summed E-state index contributed by atoms with van der Waals surface area (Å²) in [7, 11) is 0. The minimum absolute atomic E-state index is 0.00367. The molecule has 1 heterocycles. The Bertz CT molecular complexity index is 609. The molecule has 0 aliphatic carbocycles. The zero-order chi connectivity index (χ0) is 15.2. The van der Waals surface area contributed by atoms with Crippen LogP contribution >= 0.6 is 0 Å². The Balaban J connectivity index is 1.84. The fourth-order valence-corrected chi connectivity index (χ4v) is 1.84. The number of hydrogen-bond donors (Lipinski definition) is 1. The van der Waals surface area contributed by atoms with Crippen molar-refractivity contribution < 1.29 is 14.1 Å². The predicted octanol–water partition coefficient (Wildman–Crippen LogP) is 3.35. The van der Waals surface area contributed by atoms with E-state index >= 15 is 0 Å². The van der Waals surface area contributed by atoms with Gasteiger partial charge in [0, 0.05) is 19.2 Å². The van der Waals surface area contributed by atoms with Gasteiger partial charge in [0.25, 0.3) is 11.7 Å². The Kier molecular flexibility index (Phi) is 5.10. The zero-order valence-corrected chi connectivity index (χ0v) is 12.2. The van der Waals surface area contributed by atoms with Crippen molar-refractivity contribution in [3.8, 4) is 0 Å². The summed E-state index contributed by atoms with van der Waals surface area (Å²) in [5.74, 6) is 0. The number of aromatic nitrogens is 1. The van der Waals surface area contributed by atoms with Gasteiger partial charge in [-0.05, 0) is 32.8 Å². The molecule has 0 fully saturated rings. The molecule has 0 atom stereocenters. The van der Waals surface area contributed by atoms with Crippen LogP contribution in [0.1, 0.15) is 26.7 Å². The third kappa shape index (κ3) is 4.42. The number of unbranched alkanes of at least 4 members (excludes halogenated alkanes) is 1. The molecule has 0 bridgehead atoms. The van der Waals surface area contributed by atoms with Crippen molar-refractivity contribution >= 4 is 22.8 Å². The van der Waals surface area contributed by atoms with Crippen LogP contribution in [0.15, 0.2) is 22.6 Å². The van der Waals surface area contributed by atoms with E-state index in [0.717, 1.165) is 26.0 Å². The van der Waals surface area contributed by atoms with Crippen LogP contribution in [0.3, 0.4) is 0 Å². The summed E-state index contributed by atoms with van der Waals surface area (Å²) in [5.41, 5.74) is 1.01. The maximum absolute atomic E-state index is 10.7. The van der Waals surface area contributed by atoms with Gasteiger partial charge in [-0.2, -0.15) is 4.98 Å². The number of nitrogens with one attached hydrogen (secondary N) is 1. The molecule has 1 N–H and O–H groups in total. The molecule has 0 aliphatic rings. The minimum atomic E-state index is -0.455. The van der Waals surface area contributed by atoms with Gasteiger partial charge in [0.15, 0.2) is 5.58 Å². The summed E-state index contributed by atoms with van der Waals surface area (Å²) in [6.07, 6.45) is 2.15. The van der Waals surface area contributed by atoms with Crippen molar-refractivity contribution in [3.63, 3.8) is 0 Å². The lowest BCUT2D eigenvalue weighted by Gasteiger charge is -2.06. The number of nitro benzene ring substituents is 1. The smallest absolute Gasteiger partial charge is 0.295 e. The first kappa shape index (κ1) is 15.2. The second-order valence-corrected chi connectivity index (χ2v) is 4.98. The van der Waals surface area contributed by atoms with Crippen molar-refractivity contribution in [1.29, 1.82) is 0 Å². The second-order valence-electron chi connectivity index (χ2n) is 4.98. The molecule has 1 aromatic heterocycles. The van der Waals surface area contributed by atoms with Gasteiger partial charge < -0.3 is 14.5 Å². The summed E-state index contributed by atoms with van der Waals surface area (Å²) in [5, 5.41) is 13.8. The maximum atomic E-state index is 10.7. The minimum Gasteiger partial charge on any atom is -0.423 e. The van der Waals surface area contributed by atoms with Crippen LogP contribution in [0.4, 0.5) is 11.7 Å². The van der Waals surface area contributed by atoms with Gasteiger partial charge in [-0.3, -0.25) is 10.1 Å². The molecule has 0 aliphatic heterocycles. The molecule has 1 aromatic carbocycles. The fourth-order valence-electron chi connectivity index (χ4n) is 1.84. The topological polar surface area (TPSA) is 90.4 Å². The molecule has 21 heavy (non-hydrogen) atoms. The molecule has 0 spiro atoms. The first-order valence-electron chi connectivity index (χ1n) is 6.96. The van der Waals surface area contributed by atoms with Crippen molar-refractivity contribution in [2.75, 3.05) is 18.5 Å². The number of ether oxygens (including phenoxy) is 1. The summed E-state index contributed by atoms with van der Waals surface area (Å²) < 4.78 is 10.9. The molecule has 7 heteroatoms. The van der Waals surface area contributed by atoms with Crippen molar-refractivity contribution in [3.05, 3.63) is 28.3 Å². The lowest BCUT2D eigenvalue weighted by Crippen LogP contribution is -2.07. The van der Waals surface area contributed by atoms with Crippen LogP contribution in [0.2, 0.25) is 0 Å². The monoisotopic (exact) mass is 293 g/mol. The summed E-state index contributed by atoms with van der Waals surface area (Å²) >= 11 is 0. The van der Waals surface area contributed by atoms with Crippen molar-refractivity contribution in [2.45, 2.75) is 32.8 Å². The van der Waals surface area contributed by atoms with Crippen molar-refractivity contribution in [2.24, 2.45) is 0 Å². The lowest BCUT2D eigenvalue weighted by atomic mass is 10.3. The molecule has 0 amide bonds. The lowest BCUT2D eigenvalue weighted by molar-refractivity contribution is -0.384. The van der Waals surface area contributed by atoms with Crippen LogP contribution in [-0.4, -0.2) is 29.2 Å². The summed E-state index contributed by atoms with van der Waals surface area (Å²) in [4.78, 5) is 14.5. The van der Waals surface area contributed by atoms with E-state index in [1.807, 2.05) is 13.8 Å². The standard InChI is InChI=1S/C14H19N3O4/c1-10(2)20-8-4-3-7-15-14-16-12-6-5-11(17(18)19)9-13(12)21-14/h5-6,9-10H,3-4,7-8H2,1-2H3,(H,15,16). The molecule has 0 saturated carbocycles. The van der Waals surface area contributed by atoms with E-state index in [1.54, 1.807) is 6.07 Å². The highest BCUT2D eigenvalue weighted by molar-refractivity contribution is 5.77. The Morgan fingerprint density at radius 1 is 1.43 bits per heavy atom. The number of anilines is 1. The van der Waals surface area contributed by atoms with E-state index in [-0.39, 0.29) is 11.8 Å². The predicted molar refractivity (Wildman–Crippen MR) is 79.5 cm³/mol. The average molecular weight is 293 g/mol. The molecule has 0 unspecified atom stereocenters. The van der Waals surface area contributed by atoms with E-state index < -0.39 is 4.92 Å². The first-order chi connectivity index (χ1) is 10.1. The molecule has 0 saturated heterocycles. The Morgan fingerprint density at radius 2 is 2.24 bits per heavy atom. The van der Waals surface area contributed by atoms with Gasteiger partial charge >= 0.3 is 0 Å². The van der Waals surface area contributed by atoms with Crippen LogP contribution in [0.5, 0.6) is 0 Å². The molecule has 0 radical (unpaired) electrons. The molecular formula is C14H19N3O4. The number of hydrogen-bond acceptors (Lipinski definition) is 6. The van der Waals surface area contributed by atoms with Gasteiger partial charge in [-0.25, -0.2) is 0 Å². The largest absolute Gasteiger partial charge is 0.423 e. The summed E-state index contributed by atoms with van der Waals surface area (Å²) in [6.45, 7) is 5.47. The van der Waals surface area contributed by atoms with Crippen molar-refractivity contribution in [1.82, 2.24) is 4.98 Å². The number of oxazole rings is 1. The number of benzene rings is 1. The fraction of sp³-hybridized carbons (Fsp3) is 0.500. The highest BCUT2D eigenvalue weighted by Gasteiger charge is 2.11. The Labute approximate surface area is 122 Å². The van der Waals surface area contributed by atoms with Gasteiger partial charge in [0.1, 0.15) is 5.52 Å². The normalized spacial score (nSPS) is 11.2. The number of fused-ring (bicyclic) bond motifs is 1. The van der Waals surface area contributed by atoms with E-state index in [1.165, 1.54) is 12.1 Å². The molecular weight excluding hydrogens is 274 g/mol. The Morgan fingerprint density at radius 3 is 2.95 bits per heavy atom. The van der Waals surface area contributed by atoms with Gasteiger partial charge in [-0.1, -0.05) is 0 Å². The quantitative estimate of drug-likeness (QED) is 0.456. The highest BCUT2D eigenvalue weighted by atomic mass is 16.6. The van der Waals surface area contributed by atoms with E-state index in [2.05, 4.69) is 10.3 Å². The average Bonchev–Trinajstić information content (AvgIpc) is 2.83. The number of rotatable bonds is 8. The number of non-ortho nitro benzene ring substituents is 1. The van der Waals surface area contributed by atoms with E-state index in [4.69, 9.17) is 9.15 Å². The van der Waals surface area contributed by atoms with Gasteiger partial charge in [-0.15, -0.1) is 0 Å². The van der Waals surface area contributed by atoms with Crippen LogP contribution < -0.4 is 5.32 Å². The third-order valence-corrected chi connectivity index (χ3v) is 2.88. The van der Waals surface area contributed by atoms with E-state index in [0.29, 0.717) is 17.1 Å². The van der Waals surface area contributed by atoms with Crippen LogP contribution in [0, 0.1) is 10.1 Å². The second kappa shape index (κ2) is 7.03. The van der Waals surface area contributed by atoms with Crippen LogP contribution in [0.25, 0.3) is 11.1 Å². The SMILES string of the molecule is CC(C)OCCCCNc1nc2ccc([N+](=O)[O-])cc2o1. The molecule has 114 valence electrons. The molecule has 7 nitrogen and oxygen atoms in total. The van der Waals surface area contributed by atoms with Gasteiger partial charge in [0.05, 0.1) is 17.1 Å². The van der Waals surface area contributed by atoms with E-state index in [9.17, 15) is 10.1 Å². The first-order valence-corrected chi connectivity index (χ1v) is 6.96. The number of nitro groups is 1. The highest BCUT2D eigenvalue weighted by Crippen LogP contribution is 2.23. The zero-order valence-electron chi connectivity index (χ0n) is 12.2. The molecule has 2 rings (SSSR count). The van der Waals surface area contributed by atoms with Crippen LogP contribution in [-0.2, 0) is 4.74 Å². The van der Waals surface area contributed by atoms with Gasteiger partial charge in [0.2, 0.25) is 0 Å².